The quantitative estimate of drug-likeness (QED) is 0.781. The van der Waals surface area contributed by atoms with Crippen LogP contribution in [0.25, 0.3) is 0 Å². The van der Waals surface area contributed by atoms with Gasteiger partial charge in [0.1, 0.15) is 0 Å². The summed E-state index contributed by atoms with van der Waals surface area (Å²) >= 11 is 0. The summed E-state index contributed by atoms with van der Waals surface area (Å²) in [5.41, 5.74) is 0. The van der Waals surface area contributed by atoms with Crippen LogP contribution in [0.2, 0.25) is 0 Å². The van der Waals surface area contributed by atoms with Gasteiger partial charge in [0.05, 0.1) is 12.9 Å². The van der Waals surface area contributed by atoms with E-state index in [1.807, 2.05) is 16.8 Å². The maximum atomic E-state index is 9.45. The van der Waals surface area contributed by atoms with Crippen LogP contribution in [0.1, 0.15) is 6.42 Å². The van der Waals surface area contributed by atoms with Crippen LogP contribution >= 0.6 is 0 Å². The van der Waals surface area contributed by atoms with Crippen molar-refractivity contribution in [3.8, 4) is 11.5 Å². The molecule has 0 unspecified atom stereocenters. The normalized spacial score (nSPS) is 10.2. The van der Waals surface area contributed by atoms with Crippen LogP contribution in [0.15, 0.2) is 43.0 Å². The minimum Gasteiger partial charge on any atom is -0.504 e. The van der Waals surface area contributed by atoms with Crippen molar-refractivity contribution < 1.29 is 9.84 Å². The largest absolute Gasteiger partial charge is 0.504 e. The Morgan fingerprint density at radius 3 is 2.94 bits per heavy atom. The number of hydrogen-bond donors (Lipinski definition) is 1. The molecular weight excluding hydrogens is 204 g/mol. The Kier molecular flexibility index (Phi) is 3.43. The van der Waals surface area contributed by atoms with E-state index < -0.39 is 0 Å². The second-order valence-corrected chi connectivity index (χ2v) is 3.47. The number of ether oxygens (including phenoxy) is 1. The van der Waals surface area contributed by atoms with Gasteiger partial charge in [0.15, 0.2) is 11.5 Å². The lowest BCUT2D eigenvalue weighted by Gasteiger charge is -2.07. The van der Waals surface area contributed by atoms with Crippen molar-refractivity contribution in [2.75, 3.05) is 6.61 Å². The Labute approximate surface area is 94.1 Å². The van der Waals surface area contributed by atoms with E-state index in [0.29, 0.717) is 12.4 Å². The molecule has 0 amide bonds. The van der Waals surface area contributed by atoms with Crippen LogP contribution in [0, 0.1) is 0 Å². The van der Waals surface area contributed by atoms with Crippen molar-refractivity contribution in [2.45, 2.75) is 13.0 Å². The van der Waals surface area contributed by atoms with E-state index in [0.717, 1.165) is 13.0 Å². The van der Waals surface area contributed by atoms with Gasteiger partial charge in [0.2, 0.25) is 0 Å². The average Bonchev–Trinajstić information content (AvgIpc) is 2.79. The van der Waals surface area contributed by atoms with Crippen LogP contribution in [0.3, 0.4) is 0 Å². The lowest BCUT2D eigenvalue weighted by molar-refractivity contribution is 0.286. The van der Waals surface area contributed by atoms with Gasteiger partial charge in [-0.1, -0.05) is 12.1 Å². The summed E-state index contributed by atoms with van der Waals surface area (Å²) in [7, 11) is 0. The minimum atomic E-state index is 0.185. The molecule has 1 aromatic heterocycles. The SMILES string of the molecule is Oc1ccccc1OCCCn1ccnc1. The minimum absolute atomic E-state index is 0.185. The molecule has 2 rings (SSSR count). The topological polar surface area (TPSA) is 47.3 Å². The highest BCUT2D eigenvalue weighted by Crippen LogP contribution is 2.24. The summed E-state index contributed by atoms with van der Waals surface area (Å²) in [5, 5.41) is 9.45. The predicted molar refractivity (Wildman–Crippen MR) is 60.4 cm³/mol. The van der Waals surface area contributed by atoms with Gasteiger partial charge in [-0.25, -0.2) is 4.98 Å². The van der Waals surface area contributed by atoms with Gasteiger partial charge in [-0.05, 0) is 18.6 Å². The Bertz CT molecular complexity index is 426. The molecule has 16 heavy (non-hydrogen) atoms. The van der Waals surface area contributed by atoms with Gasteiger partial charge < -0.3 is 14.4 Å². The molecule has 2 aromatic rings. The number of benzene rings is 1. The monoisotopic (exact) mass is 218 g/mol. The number of imidazole rings is 1. The molecule has 1 aromatic carbocycles. The zero-order valence-corrected chi connectivity index (χ0v) is 8.91. The molecule has 0 saturated heterocycles. The molecule has 0 atom stereocenters. The third-order valence-corrected chi connectivity index (χ3v) is 2.24. The zero-order chi connectivity index (χ0) is 11.2. The summed E-state index contributed by atoms with van der Waals surface area (Å²) in [6, 6.07) is 6.98. The van der Waals surface area contributed by atoms with Crippen molar-refractivity contribution in [1.29, 1.82) is 0 Å². The van der Waals surface area contributed by atoms with Crippen LogP contribution in [-0.2, 0) is 6.54 Å². The standard InChI is InChI=1S/C12H14N2O2/c15-11-4-1-2-5-12(11)16-9-3-7-14-8-6-13-10-14/h1-2,4-6,8,10,15H,3,7,9H2. The summed E-state index contributed by atoms with van der Waals surface area (Å²) in [5.74, 6) is 0.721. The van der Waals surface area contributed by atoms with Gasteiger partial charge >= 0.3 is 0 Å². The number of rotatable bonds is 5. The second-order valence-electron chi connectivity index (χ2n) is 3.47. The lowest BCUT2D eigenvalue weighted by Crippen LogP contribution is -2.03. The van der Waals surface area contributed by atoms with Crippen molar-refractivity contribution >= 4 is 0 Å². The molecule has 0 spiro atoms. The van der Waals surface area contributed by atoms with E-state index in [-0.39, 0.29) is 5.75 Å². The Morgan fingerprint density at radius 1 is 1.31 bits per heavy atom. The molecule has 0 fully saturated rings. The fourth-order valence-corrected chi connectivity index (χ4v) is 1.43. The smallest absolute Gasteiger partial charge is 0.160 e. The molecule has 0 saturated carbocycles. The molecule has 84 valence electrons. The highest BCUT2D eigenvalue weighted by molar-refractivity contribution is 5.37. The number of aromatic hydroxyl groups is 1. The van der Waals surface area contributed by atoms with Crippen molar-refractivity contribution in [3.05, 3.63) is 43.0 Å². The Balaban J connectivity index is 1.74. The molecule has 4 heteroatoms. The summed E-state index contributed by atoms with van der Waals surface area (Å²) in [4.78, 5) is 3.96. The van der Waals surface area contributed by atoms with Crippen LogP contribution in [0.5, 0.6) is 11.5 Å². The number of phenols is 1. The summed E-state index contributed by atoms with van der Waals surface area (Å²) < 4.78 is 7.45. The fraction of sp³-hybridized carbons (Fsp3) is 0.250. The third kappa shape index (κ3) is 2.76. The molecule has 1 N–H and O–H groups in total. The maximum absolute atomic E-state index is 9.45. The number of aryl methyl sites for hydroxylation is 1. The molecule has 0 aliphatic carbocycles. The molecule has 0 aliphatic heterocycles. The van der Waals surface area contributed by atoms with Crippen molar-refractivity contribution in [1.82, 2.24) is 9.55 Å². The van der Waals surface area contributed by atoms with E-state index in [2.05, 4.69) is 4.98 Å². The van der Waals surface area contributed by atoms with Crippen molar-refractivity contribution in [2.24, 2.45) is 0 Å². The Morgan fingerprint density at radius 2 is 2.19 bits per heavy atom. The highest BCUT2D eigenvalue weighted by atomic mass is 16.5. The number of hydrogen-bond acceptors (Lipinski definition) is 3. The van der Waals surface area contributed by atoms with E-state index in [1.165, 1.54) is 0 Å². The predicted octanol–water partition coefficient (Wildman–Crippen LogP) is 2.06. The Hall–Kier alpha value is -1.97. The number of nitrogens with zero attached hydrogens (tertiary/aromatic N) is 2. The molecule has 4 nitrogen and oxygen atoms in total. The first-order valence-electron chi connectivity index (χ1n) is 5.23. The van der Waals surface area contributed by atoms with Crippen LogP contribution in [0.4, 0.5) is 0 Å². The van der Waals surface area contributed by atoms with E-state index in [4.69, 9.17) is 4.74 Å². The van der Waals surface area contributed by atoms with E-state index in [9.17, 15) is 5.11 Å². The highest BCUT2D eigenvalue weighted by Gasteiger charge is 1.99. The third-order valence-electron chi connectivity index (χ3n) is 2.24. The van der Waals surface area contributed by atoms with Crippen molar-refractivity contribution in [3.63, 3.8) is 0 Å². The van der Waals surface area contributed by atoms with E-state index >= 15 is 0 Å². The number of phenolic OH excluding ortho intramolecular Hbond substituents is 1. The number of aromatic nitrogens is 2. The van der Waals surface area contributed by atoms with Gasteiger partial charge in [-0.3, -0.25) is 0 Å². The molecule has 0 radical (unpaired) electrons. The van der Waals surface area contributed by atoms with Gasteiger partial charge in [-0.15, -0.1) is 0 Å². The van der Waals surface area contributed by atoms with E-state index in [1.54, 1.807) is 30.7 Å². The second kappa shape index (κ2) is 5.21. The average molecular weight is 218 g/mol. The number of para-hydroxylation sites is 2. The summed E-state index contributed by atoms with van der Waals surface area (Å²) in [6.07, 6.45) is 6.33. The zero-order valence-electron chi connectivity index (χ0n) is 8.91. The van der Waals surface area contributed by atoms with Crippen LogP contribution < -0.4 is 4.74 Å². The van der Waals surface area contributed by atoms with Gasteiger partial charge in [-0.2, -0.15) is 0 Å². The van der Waals surface area contributed by atoms with Crippen LogP contribution in [-0.4, -0.2) is 21.3 Å². The molecule has 0 aliphatic rings. The van der Waals surface area contributed by atoms with Gasteiger partial charge in [0, 0.05) is 18.9 Å². The first-order valence-corrected chi connectivity index (χ1v) is 5.23. The molecule has 1 heterocycles. The molecule has 0 bridgehead atoms. The molecular formula is C12H14N2O2. The first-order chi connectivity index (χ1) is 7.86. The fourth-order valence-electron chi connectivity index (χ4n) is 1.43. The maximum Gasteiger partial charge on any atom is 0.160 e. The lowest BCUT2D eigenvalue weighted by atomic mass is 10.3. The van der Waals surface area contributed by atoms with Gasteiger partial charge in [0.25, 0.3) is 0 Å². The first kappa shape index (κ1) is 10.5. The summed E-state index contributed by atoms with van der Waals surface area (Å²) in [6.45, 7) is 1.45.